The number of piperidine rings is 1. The summed E-state index contributed by atoms with van der Waals surface area (Å²) >= 11 is 6.92. The second-order valence-electron chi connectivity index (χ2n) is 5.09. The van der Waals surface area contributed by atoms with E-state index in [2.05, 4.69) is 31.9 Å². The molecule has 0 spiro atoms. The minimum atomic E-state index is 0.118. The minimum Gasteiger partial charge on any atom is -0.496 e. The summed E-state index contributed by atoms with van der Waals surface area (Å²) in [5.41, 5.74) is 0.720. The molecule has 2 rings (SSSR count). The molecule has 20 heavy (non-hydrogen) atoms. The molecule has 1 unspecified atom stereocenters. The molecule has 1 heterocycles. The molecule has 1 aromatic carbocycles. The maximum Gasteiger partial charge on any atom is 0.253 e. The van der Waals surface area contributed by atoms with Crippen molar-refractivity contribution in [1.82, 2.24) is 4.90 Å². The van der Waals surface area contributed by atoms with Gasteiger partial charge in [0.15, 0.2) is 0 Å². The molecule has 1 fully saturated rings. The highest BCUT2D eigenvalue weighted by atomic mass is 79.9. The van der Waals surface area contributed by atoms with Gasteiger partial charge in [0.1, 0.15) is 5.75 Å². The largest absolute Gasteiger partial charge is 0.496 e. The summed E-state index contributed by atoms with van der Waals surface area (Å²) in [5.74, 6) is 1.48. The minimum absolute atomic E-state index is 0.118. The van der Waals surface area contributed by atoms with Crippen molar-refractivity contribution in [1.29, 1.82) is 0 Å². The van der Waals surface area contributed by atoms with Gasteiger partial charge < -0.3 is 9.64 Å². The molecule has 1 saturated heterocycles. The van der Waals surface area contributed by atoms with Gasteiger partial charge in [0.05, 0.1) is 11.6 Å². The average molecular weight is 405 g/mol. The Balaban J connectivity index is 2.08. The van der Waals surface area contributed by atoms with Crippen LogP contribution in [0.25, 0.3) is 0 Å². The highest BCUT2D eigenvalue weighted by Crippen LogP contribution is 2.27. The van der Waals surface area contributed by atoms with Gasteiger partial charge in [0.25, 0.3) is 5.91 Å². The summed E-state index contributed by atoms with van der Waals surface area (Å²) in [6.07, 6.45) is 3.46. The van der Waals surface area contributed by atoms with Gasteiger partial charge in [-0.3, -0.25) is 4.79 Å². The third-order valence-corrected chi connectivity index (χ3v) is 4.80. The standard InChI is InChI=1S/C15H19Br2NO2/c1-20-14-5-4-12(9-13(14)17)15(19)18-8-2-3-11(10-18)6-7-16/h4-5,9,11H,2-3,6-8,10H2,1H3. The summed E-state index contributed by atoms with van der Waals surface area (Å²) in [5, 5.41) is 1.01. The fourth-order valence-corrected chi connectivity index (χ4v) is 3.81. The molecule has 0 bridgehead atoms. The van der Waals surface area contributed by atoms with E-state index in [9.17, 15) is 4.79 Å². The number of rotatable bonds is 4. The number of amides is 1. The van der Waals surface area contributed by atoms with E-state index in [1.54, 1.807) is 7.11 Å². The quantitative estimate of drug-likeness (QED) is 0.707. The fourth-order valence-electron chi connectivity index (χ4n) is 2.62. The van der Waals surface area contributed by atoms with Crippen molar-refractivity contribution < 1.29 is 9.53 Å². The van der Waals surface area contributed by atoms with Gasteiger partial charge in [-0.15, -0.1) is 0 Å². The molecule has 3 nitrogen and oxygen atoms in total. The number of carbonyl (C=O) groups excluding carboxylic acids is 1. The Labute approximate surface area is 136 Å². The van der Waals surface area contributed by atoms with E-state index in [1.165, 1.54) is 6.42 Å². The number of likely N-dealkylation sites (tertiary alicyclic amines) is 1. The van der Waals surface area contributed by atoms with E-state index in [-0.39, 0.29) is 5.91 Å². The normalized spacial score (nSPS) is 18.9. The number of hydrogen-bond acceptors (Lipinski definition) is 2. The summed E-state index contributed by atoms with van der Waals surface area (Å²) in [7, 11) is 1.62. The molecule has 1 aliphatic rings. The summed E-state index contributed by atoms with van der Waals surface area (Å²) in [6.45, 7) is 1.73. The fraction of sp³-hybridized carbons (Fsp3) is 0.533. The van der Waals surface area contributed by atoms with Crippen molar-refractivity contribution in [3.8, 4) is 5.75 Å². The third kappa shape index (κ3) is 3.76. The number of nitrogens with zero attached hydrogens (tertiary/aromatic N) is 1. The Bertz CT molecular complexity index is 477. The van der Waals surface area contributed by atoms with Crippen LogP contribution in [0.15, 0.2) is 22.7 Å². The van der Waals surface area contributed by atoms with Crippen molar-refractivity contribution >= 4 is 37.8 Å². The molecule has 110 valence electrons. The first-order valence-corrected chi connectivity index (χ1v) is 8.76. The van der Waals surface area contributed by atoms with Gasteiger partial charge in [-0.2, -0.15) is 0 Å². The molecule has 0 saturated carbocycles. The second-order valence-corrected chi connectivity index (χ2v) is 6.73. The van der Waals surface area contributed by atoms with Crippen LogP contribution in [-0.4, -0.2) is 36.3 Å². The number of hydrogen-bond donors (Lipinski definition) is 0. The molecule has 0 aliphatic carbocycles. The number of benzene rings is 1. The topological polar surface area (TPSA) is 29.5 Å². The van der Waals surface area contributed by atoms with Crippen molar-refractivity contribution in [2.24, 2.45) is 5.92 Å². The van der Waals surface area contributed by atoms with Crippen LogP contribution in [0, 0.1) is 5.92 Å². The first-order valence-electron chi connectivity index (χ1n) is 6.84. The van der Waals surface area contributed by atoms with Crippen LogP contribution in [0.5, 0.6) is 5.75 Å². The van der Waals surface area contributed by atoms with Crippen LogP contribution in [-0.2, 0) is 0 Å². The molecule has 5 heteroatoms. The van der Waals surface area contributed by atoms with Gasteiger partial charge in [0, 0.05) is 24.0 Å². The maximum absolute atomic E-state index is 12.6. The van der Waals surface area contributed by atoms with E-state index in [1.807, 2.05) is 23.1 Å². The van der Waals surface area contributed by atoms with Crippen LogP contribution >= 0.6 is 31.9 Å². The zero-order valence-corrected chi connectivity index (χ0v) is 14.7. The zero-order chi connectivity index (χ0) is 14.5. The van der Waals surface area contributed by atoms with Crippen LogP contribution < -0.4 is 4.74 Å². The van der Waals surface area contributed by atoms with Crippen molar-refractivity contribution in [3.05, 3.63) is 28.2 Å². The molecule has 0 aromatic heterocycles. The smallest absolute Gasteiger partial charge is 0.253 e. The maximum atomic E-state index is 12.6. The highest BCUT2D eigenvalue weighted by Gasteiger charge is 2.24. The molecular formula is C15H19Br2NO2. The molecule has 0 radical (unpaired) electrons. The van der Waals surface area contributed by atoms with Crippen LogP contribution in [0.1, 0.15) is 29.6 Å². The number of halogens is 2. The summed E-state index contributed by atoms with van der Waals surface area (Å²) < 4.78 is 6.02. The molecule has 1 aromatic rings. The summed E-state index contributed by atoms with van der Waals surface area (Å²) in [6, 6.07) is 5.51. The van der Waals surface area contributed by atoms with Gasteiger partial charge in [-0.1, -0.05) is 15.9 Å². The second kappa shape index (κ2) is 7.46. The number of carbonyl (C=O) groups is 1. The van der Waals surface area contributed by atoms with Gasteiger partial charge >= 0.3 is 0 Å². The highest BCUT2D eigenvalue weighted by molar-refractivity contribution is 9.10. The number of ether oxygens (including phenoxy) is 1. The molecule has 1 atom stereocenters. The lowest BCUT2D eigenvalue weighted by Gasteiger charge is -2.32. The van der Waals surface area contributed by atoms with Crippen LogP contribution in [0.4, 0.5) is 0 Å². The lowest BCUT2D eigenvalue weighted by molar-refractivity contribution is 0.0672. The lowest BCUT2D eigenvalue weighted by Crippen LogP contribution is -2.40. The van der Waals surface area contributed by atoms with Crippen molar-refractivity contribution in [3.63, 3.8) is 0 Å². The van der Waals surface area contributed by atoms with Crippen LogP contribution in [0.3, 0.4) is 0 Å². The average Bonchev–Trinajstić information content (AvgIpc) is 2.47. The van der Waals surface area contributed by atoms with E-state index in [4.69, 9.17) is 4.74 Å². The van der Waals surface area contributed by atoms with Gasteiger partial charge in [0.2, 0.25) is 0 Å². The summed E-state index contributed by atoms with van der Waals surface area (Å²) in [4.78, 5) is 14.5. The Hall–Kier alpha value is -0.550. The molecular weight excluding hydrogens is 386 g/mol. The first-order chi connectivity index (χ1) is 9.65. The predicted molar refractivity (Wildman–Crippen MR) is 87.7 cm³/mol. The van der Waals surface area contributed by atoms with Crippen LogP contribution in [0.2, 0.25) is 0 Å². The Kier molecular flexibility index (Phi) is 5.90. The Morgan fingerprint density at radius 2 is 2.30 bits per heavy atom. The monoisotopic (exact) mass is 403 g/mol. The van der Waals surface area contributed by atoms with E-state index < -0.39 is 0 Å². The van der Waals surface area contributed by atoms with Crippen molar-refractivity contribution in [2.45, 2.75) is 19.3 Å². The Morgan fingerprint density at radius 1 is 1.50 bits per heavy atom. The van der Waals surface area contributed by atoms with Gasteiger partial charge in [-0.25, -0.2) is 0 Å². The molecule has 1 amide bonds. The third-order valence-electron chi connectivity index (χ3n) is 3.72. The Morgan fingerprint density at radius 3 is 2.95 bits per heavy atom. The zero-order valence-electron chi connectivity index (χ0n) is 11.6. The SMILES string of the molecule is COc1ccc(C(=O)N2CCCC(CCBr)C2)cc1Br. The lowest BCUT2D eigenvalue weighted by atomic mass is 9.95. The molecule has 0 N–H and O–H groups in total. The van der Waals surface area contributed by atoms with E-state index in [0.29, 0.717) is 5.92 Å². The number of methoxy groups -OCH3 is 1. The van der Waals surface area contributed by atoms with E-state index in [0.717, 1.165) is 47.0 Å². The van der Waals surface area contributed by atoms with E-state index >= 15 is 0 Å². The molecule has 1 aliphatic heterocycles. The predicted octanol–water partition coefficient (Wildman–Crippen LogP) is 4.09. The van der Waals surface area contributed by atoms with Crippen molar-refractivity contribution in [2.75, 3.05) is 25.5 Å². The number of alkyl halides is 1. The van der Waals surface area contributed by atoms with Gasteiger partial charge in [-0.05, 0) is 59.3 Å². The first kappa shape index (κ1) is 15.8.